The lowest BCUT2D eigenvalue weighted by atomic mass is 10.1. The highest BCUT2D eigenvalue weighted by Gasteiger charge is 2.24. The van der Waals surface area contributed by atoms with Crippen LogP contribution in [0, 0.1) is 28.4 Å². The van der Waals surface area contributed by atoms with E-state index < -0.39 is 10.6 Å². The number of nitrogen functional groups attached to an aromatic ring is 1. The van der Waals surface area contributed by atoms with Crippen LogP contribution < -0.4 is 16.0 Å². The van der Waals surface area contributed by atoms with E-state index in [2.05, 4.69) is 15.4 Å². The first-order valence-corrected chi connectivity index (χ1v) is 5.71. The van der Waals surface area contributed by atoms with E-state index in [0.29, 0.717) is 16.9 Å². The molecule has 21 heavy (non-hydrogen) atoms. The topological polar surface area (TPSA) is 140 Å². The first kappa shape index (κ1) is 14.2. The number of hydrogen-bond acceptors (Lipinski definition) is 8. The largest absolute Gasteiger partial charge is 0.433 e. The van der Waals surface area contributed by atoms with Gasteiger partial charge in [0, 0.05) is 0 Å². The lowest BCUT2D eigenvalue weighted by Gasteiger charge is -2.09. The van der Waals surface area contributed by atoms with Crippen molar-refractivity contribution in [2.24, 2.45) is 5.84 Å². The van der Waals surface area contributed by atoms with E-state index >= 15 is 0 Å². The Morgan fingerprint density at radius 1 is 1.48 bits per heavy atom. The van der Waals surface area contributed by atoms with Gasteiger partial charge in [-0.1, -0.05) is 6.07 Å². The van der Waals surface area contributed by atoms with Crippen molar-refractivity contribution < 1.29 is 9.66 Å². The number of anilines is 1. The molecule has 9 heteroatoms. The monoisotopic (exact) mass is 286 g/mol. The SMILES string of the molecule is Cc1ccc(C#N)cc1Oc1ncnc(NN)c1[N+](=O)[O-]. The standard InChI is InChI=1S/C12H10N6O3/c1-7-2-3-8(5-13)4-9(7)21-12-10(18(19)20)11(17-14)15-6-16-12/h2-4,6H,14H2,1H3,(H,15,16,17). The summed E-state index contributed by atoms with van der Waals surface area (Å²) in [7, 11) is 0. The van der Waals surface area contributed by atoms with Crippen LogP contribution in [-0.4, -0.2) is 14.9 Å². The van der Waals surface area contributed by atoms with Gasteiger partial charge in [0.05, 0.1) is 16.6 Å². The number of aryl methyl sites for hydroxylation is 1. The average molecular weight is 286 g/mol. The predicted molar refractivity (Wildman–Crippen MR) is 72.5 cm³/mol. The molecular formula is C12H10N6O3. The molecule has 0 atom stereocenters. The van der Waals surface area contributed by atoms with Crippen LogP contribution in [0.15, 0.2) is 24.5 Å². The zero-order chi connectivity index (χ0) is 15.4. The number of nitrogens with two attached hydrogens (primary N) is 1. The number of nitrogens with one attached hydrogen (secondary N) is 1. The van der Waals surface area contributed by atoms with Crippen molar-refractivity contribution in [3.05, 3.63) is 45.8 Å². The number of aromatic nitrogens is 2. The number of nitrogens with zero attached hydrogens (tertiary/aromatic N) is 4. The molecule has 0 aliphatic heterocycles. The van der Waals surface area contributed by atoms with Crippen molar-refractivity contribution in [3.63, 3.8) is 0 Å². The molecule has 106 valence electrons. The smallest absolute Gasteiger partial charge is 0.374 e. The van der Waals surface area contributed by atoms with Crippen LogP contribution in [0.1, 0.15) is 11.1 Å². The molecular weight excluding hydrogens is 276 g/mol. The second-order valence-electron chi connectivity index (χ2n) is 3.97. The summed E-state index contributed by atoms with van der Waals surface area (Å²) in [6, 6.07) is 6.71. The van der Waals surface area contributed by atoms with Crippen LogP contribution >= 0.6 is 0 Å². The Morgan fingerprint density at radius 2 is 2.24 bits per heavy atom. The molecule has 0 saturated carbocycles. The molecule has 1 aromatic heterocycles. The molecule has 0 saturated heterocycles. The number of nitro groups is 1. The number of rotatable bonds is 4. The lowest BCUT2D eigenvalue weighted by molar-refractivity contribution is -0.385. The highest BCUT2D eigenvalue weighted by atomic mass is 16.6. The quantitative estimate of drug-likeness (QED) is 0.491. The molecule has 1 heterocycles. The molecule has 0 aliphatic rings. The van der Waals surface area contributed by atoms with Gasteiger partial charge in [-0.2, -0.15) is 10.2 Å². The van der Waals surface area contributed by atoms with Gasteiger partial charge in [-0.05, 0) is 24.6 Å². The minimum atomic E-state index is -0.700. The number of ether oxygens (including phenoxy) is 1. The van der Waals surface area contributed by atoms with Crippen LogP contribution in [0.2, 0.25) is 0 Å². The average Bonchev–Trinajstić information content (AvgIpc) is 2.48. The van der Waals surface area contributed by atoms with E-state index in [9.17, 15) is 10.1 Å². The fraction of sp³-hybridized carbons (Fsp3) is 0.0833. The van der Waals surface area contributed by atoms with E-state index in [1.165, 1.54) is 6.07 Å². The van der Waals surface area contributed by atoms with Crippen molar-refractivity contribution in [3.8, 4) is 17.7 Å². The van der Waals surface area contributed by atoms with Crippen LogP contribution in [0.3, 0.4) is 0 Å². The minimum absolute atomic E-state index is 0.168. The van der Waals surface area contributed by atoms with Gasteiger partial charge in [-0.3, -0.25) is 10.1 Å². The number of hydrogen-bond donors (Lipinski definition) is 2. The fourth-order valence-electron chi connectivity index (χ4n) is 1.59. The number of benzene rings is 1. The normalized spacial score (nSPS) is 9.76. The van der Waals surface area contributed by atoms with Gasteiger partial charge < -0.3 is 10.2 Å². The lowest BCUT2D eigenvalue weighted by Crippen LogP contribution is -2.12. The first-order chi connectivity index (χ1) is 10.1. The molecule has 0 radical (unpaired) electrons. The zero-order valence-corrected chi connectivity index (χ0v) is 10.9. The summed E-state index contributed by atoms with van der Waals surface area (Å²) in [5, 5.41) is 20.0. The van der Waals surface area contributed by atoms with Crippen molar-refractivity contribution in [1.82, 2.24) is 9.97 Å². The summed E-state index contributed by atoms with van der Waals surface area (Å²) in [4.78, 5) is 17.8. The van der Waals surface area contributed by atoms with Gasteiger partial charge in [-0.15, -0.1) is 0 Å². The molecule has 1 aromatic carbocycles. The van der Waals surface area contributed by atoms with Gasteiger partial charge in [0.2, 0.25) is 5.82 Å². The molecule has 3 N–H and O–H groups in total. The Kier molecular flexibility index (Phi) is 3.92. The summed E-state index contributed by atoms with van der Waals surface area (Å²) in [6.07, 6.45) is 1.08. The summed E-state index contributed by atoms with van der Waals surface area (Å²) >= 11 is 0. The maximum atomic E-state index is 11.1. The third kappa shape index (κ3) is 2.85. The van der Waals surface area contributed by atoms with Gasteiger partial charge in [-0.25, -0.2) is 10.8 Å². The second-order valence-corrected chi connectivity index (χ2v) is 3.97. The van der Waals surface area contributed by atoms with E-state index in [-0.39, 0.29) is 11.7 Å². The van der Waals surface area contributed by atoms with E-state index in [1.807, 2.05) is 6.07 Å². The Balaban J connectivity index is 2.50. The Hall–Kier alpha value is -3.25. The summed E-state index contributed by atoms with van der Waals surface area (Å²) in [5.41, 5.74) is 2.69. The number of nitriles is 1. The molecule has 2 aromatic rings. The van der Waals surface area contributed by atoms with Gasteiger partial charge in [0.15, 0.2) is 0 Å². The predicted octanol–water partition coefficient (Wildman–Crippen LogP) is 1.64. The third-order valence-corrected chi connectivity index (χ3v) is 2.63. The van der Waals surface area contributed by atoms with Crippen LogP contribution in [0.4, 0.5) is 11.5 Å². The van der Waals surface area contributed by atoms with Gasteiger partial charge in [0.25, 0.3) is 0 Å². The summed E-state index contributed by atoms with van der Waals surface area (Å²) in [6.45, 7) is 1.74. The Labute approximate surface area is 119 Å². The molecule has 0 spiro atoms. The molecule has 0 fully saturated rings. The summed E-state index contributed by atoms with van der Waals surface area (Å²) < 4.78 is 5.45. The van der Waals surface area contributed by atoms with Crippen molar-refractivity contribution in [2.45, 2.75) is 6.92 Å². The van der Waals surface area contributed by atoms with Crippen LogP contribution in [0.5, 0.6) is 11.6 Å². The van der Waals surface area contributed by atoms with E-state index in [4.69, 9.17) is 15.8 Å². The maximum Gasteiger partial charge on any atom is 0.374 e. The van der Waals surface area contributed by atoms with Gasteiger partial charge >= 0.3 is 11.6 Å². The molecule has 0 unspecified atom stereocenters. The van der Waals surface area contributed by atoms with Crippen LogP contribution in [-0.2, 0) is 0 Å². The van der Waals surface area contributed by atoms with E-state index in [1.54, 1.807) is 19.1 Å². The highest BCUT2D eigenvalue weighted by molar-refractivity contribution is 5.61. The van der Waals surface area contributed by atoms with E-state index in [0.717, 1.165) is 6.33 Å². The van der Waals surface area contributed by atoms with Crippen molar-refractivity contribution in [2.75, 3.05) is 5.43 Å². The molecule has 0 aliphatic carbocycles. The van der Waals surface area contributed by atoms with Crippen molar-refractivity contribution >= 4 is 11.5 Å². The zero-order valence-electron chi connectivity index (χ0n) is 10.9. The molecule has 2 rings (SSSR count). The molecule has 9 nitrogen and oxygen atoms in total. The van der Waals surface area contributed by atoms with Crippen molar-refractivity contribution in [1.29, 1.82) is 5.26 Å². The Morgan fingerprint density at radius 3 is 2.86 bits per heavy atom. The summed E-state index contributed by atoms with van der Waals surface area (Å²) in [5.74, 6) is 5.04. The molecule has 0 amide bonds. The Bertz CT molecular complexity index is 740. The minimum Gasteiger partial charge on any atom is -0.433 e. The van der Waals surface area contributed by atoms with Gasteiger partial charge in [0.1, 0.15) is 12.1 Å². The molecule has 0 bridgehead atoms. The first-order valence-electron chi connectivity index (χ1n) is 5.71. The second kappa shape index (κ2) is 5.81. The third-order valence-electron chi connectivity index (χ3n) is 2.63. The number of hydrazine groups is 1. The van der Waals surface area contributed by atoms with Crippen LogP contribution in [0.25, 0.3) is 0 Å². The fourth-order valence-corrected chi connectivity index (χ4v) is 1.59. The maximum absolute atomic E-state index is 11.1. The highest BCUT2D eigenvalue weighted by Crippen LogP contribution is 2.34.